The zero-order valence-corrected chi connectivity index (χ0v) is 15.7. The van der Waals surface area contributed by atoms with Crippen molar-refractivity contribution in [1.82, 2.24) is 20.8 Å². The molecule has 0 aliphatic heterocycles. The molecule has 28 heavy (non-hydrogen) atoms. The van der Waals surface area contributed by atoms with Gasteiger partial charge >= 0.3 is 0 Å². The van der Waals surface area contributed by atoms with Crippen LogP contribution in [-0.2, 0) is 11.2 Å². The lowest BCUT2D eigenvalue weighted by molar-refractivity contribution is -0.121. The number of aromatic amines is 1. The zero-order valence-electron chi connectivity index (χ0n) is 15.7. The molecule has 0 aliphatic carbocycles. The molecule has 0 atom stereocenters. The van der Waals surface area contributed by atoms with Crippen LogP contribution in [0.2, 0.25) is 0 Å². The van der Waals surface area contributed by atoms with Gasteiger partial charge in [-0.15, -0.1) is 0 Å². The lowest BCUT2D eigenvalue weighted by atomic mass is 10.1. The number of benzene rings is 2. The van der Waals surface area contributed by atoms with Gasteiger partial charge < -0.3 is 4.98 Å². The standard InChI is InChI=1S/C22H20N4O2/c1-13-7-9-19-17(11-13)16(14(2)23-19)12-21(27)25-26-22(28)20-10-8-15-5-3-4-6-18(15)24-20/h3-11,23H,12H2,1-2H3,(H,25,27)(H,26,28). The SMILES string of the molecule is Cc1ccc2[nH]c(C)c(CC(=O)NNC(=O)c3ccc4ccccc4n3)c2c1. The maximum atomic E-state index is 12.4. The van der Waals surface area contributed by atoms with Crippen molar-refractivity contribution in [3.63, 3.8) is 0 Å². The van der Waals surface area contributed by atoms with Gasteiger partial charge in [-0.25, -0.2) is 4.98 Å². The number of hydrogen-bond donors (Lipinski definition) is 3. The summed E-state index contributed by atoms with van der Waals surface area (Å²) in [7, 11) is 0. The second kappa shape index (κ2) is 7.15. The Hall–Kier alpha value is -3.67. The molecule has 0 unspecified atom stereocenters. The Morgan fingerprint density at radius 3 is 2.68 bits per heavy atom. The molecule has 0 radical (unpaired) electrons. The normalized spacial score (nSPS) is 10.9. The number of nitrogens with one attached hydrogen (secondary N) is 3. The van der Waals surface area contributed by atoms with E-state index >= 15 is 0 Å². The number of H-pyrrole nitrogens is 1. The summed E-state index contributed by atoms with van der Waals surface area (Å²) >= 11 is 0. The van der Waals surface area contributed by atoms with Crippen LogP contribution in [0, 0.1) is 13.8 Å². The van der Waals surface area contributed by atoms with Crippen molar-refractivity contribution in [2.75, 3.05) is 0 Å². The Balaban J connectivity index is 1.45. The van der Waals surface area contributed by atoms with E-state index in [-0.39, 0.29) is 18.0 Å². The van der Waals surface area contributed by atoms with E-state index < -0.39 is 5.91 Å². The molecule has 2 aromatic heterocycles. The van der Waals surface area contributed by atoms with Gasteiger partial charge in [0.05, 0.1) is 11.9 Å². The Bertz CT molecular complexity index is 1210. The summed E-state index contributed by atoms with van der Waals surface area (Å²) in [6.45, 7) is 3.96. The molecule has 0 aliphatic rings. The molecule has 140 valence electrons. The highest BCUT2D eigenvalue weighted by Crippen LogP contribution is 2.23. The summed E-state index contributed by atoms with van der Waals surface area (Å²) in [4.78, 5) is 32.3. The van der Waals surface area contributed by atoms with Gasteiger partial charge in [0.1, 0.15) is 5.69 Å². The number of amides is 2. The topological polar surface area (TPSA) is 86.9 Å². The zero-order chi connectivity index (χ0) is 19.7. The number of aryl methyl sites for hydroxylation is 2. The molecule has 6 heteroatoms. The predicted octanol–water partition coefficient (Wildman–Crippen LogP) is 3.34. The Labute approximate surface area is 161 Å². The molecule has 0 saturated heterocycles. The molecule has 3 N–H and O–H groups in total. The van der Waals surface area contributed by atoms with Crippen LogP contribution in [0.15, 0.2) is 54.6 Å². The highest BCUT2D eigenvalue weighted by molar-refractivity contribution is 5.96. The fraction of sp³-hybridized carbons (Fsp3) is 0.136. The van der Waals surface area contributed by atoms with Crippen LogP contribution >= 0.6 is 0 Å². The number of aromatic nitrogens is 2. The largest absolute Gasteiger partial charge is 0.358 e. The predicted molar refractivity (Wildman–Crippen MR) is 109 cm³/mol. The lowest BCUT2D eigenvalue weighted by Gasteiger charge is -2.08. The van der Waals surface area contributed by atoms with Crippen molar-refractivity contribution in [3.8, 4) is 0 Å². The second-order valence-electron chi connectivity index (χ2n) is 6.85. The van der Waals surface area contributed by atoms with E-state index in [1.54, 1.807) is 6.07 Å². The molecular weight excluding hydrogens is 352 g/mol. The minimum absolute atomic E-state index is 0.167. The van der Waals surface area contributed by atoms with Crippen molar-refractivity contribution >= 4 is 33.6 Å². The van der Waals surface area contributed by atoms with E-state index in [1.165, 1.54) is 0 Å². The first kappa shape index (κ1) is 17.7. The van der Waals surface area contributed by atoms with E-state index in [9.17, 15) is 9.59 Å². The number of carbonyl (C=O) groups excluding carboxylic acids is 2. The molecule has 4 rings (SSSR count). The van der Waals surface area contributed by atoms with Gasteiger partial charge in [-0.05, 0) is 43.7 Å². The van der Waals surface area contributed by atoms with E-state index in [4.69, 9.17) is 0 Å². The highest BCUT2D eigenvalue weighted by Gasteiger charge is 2.14. The van der Waals surface area contributed by atoms with Crippen molar-refractivity contribution in [2.45, 2.75) is 20.3 Å². The first-order valence-electron chi connectivity index (χ1n) is 9.04. The summed E-state index contributed by atoms with van der Waals surface area (Å²) < 4.78 is 0. The Kier molecular flexibility index (Phi) is 4.53. The van der Waals surface area contributed by atoms with E-state index in [2.05, 4.69) is 26.9 Å². The molecule has 2 aromatic carbocycles. The highest BCUT2D eigenvalue weighted by atomic mass is 16.2. The number of para-hydroxylation sites is 1. The first-order valence-corrected chi connectivity index (χ1v) is 9.04. The average Bonchev–Trinajstić information content (AvgIpc) is 3.00. The molecule has 2 amide bonds. The molecule has 0 bridgehead atoms. The number of hydrazine groups is 1. The monoisotopic (exact) mass is 372 g/mol. The third kappa shape index (κ3) is 3.44. The number of nitrogens with zero attached hydrogens (tertiary/aromatic N) is 1. The third-order valence-corrected chi connectivity index (χ3v) is 4.76. The van der Waals surface area contributed by atoms with Crippen LogP contribution in [-0.4, -0.2) is 21.8 Å². The van der Waals surface area contributed by atoms with Crippen molar-refractivity contribution < 1.29 is 9.59 Å². The van der Waals surface area contributed by atoms with Crippen molar-refractivity contribution in [2.24, 2.45) is 0 Å². The van der Waals surface area contributed by atoms with Gasteiger partial charge in [0.15, 0.2) is 0 Å². The number of hydrogen-bond acceptors (Lipinski definition) is 3. The second-order valence-corrected chi connectivity index (χ2v) is 6.85. The minimum atomic E-state index is -0.453. The lowest BCUT2D eigenvalue weighted by Crippen LogP contribution is -2.42. The van der Waals surface area contributed by atoms with Gasteiger partial charge in [0, 0.05) is 22.0 Å². The fourth-order valence-electron chi connectivity index (χ4n) is 3.31. The van der Waals surface area contributed by atoms with Crippen molar-refractivity contribution in [3.05, 3.63) is 77.1 Å². The minimum Gasteiger partial charge on any atom is -0.358 e. The summed E-state index contributed by atoms with van der Waals surface area (Å²) in [5.74, 6) is -0.745. The van der Waals surface area contributed by atoms with E-state index in [1.807, 2.05) is 56.3 Å². The summed E-state index contributed by atoms with van der Waals surface area (Å²) in [6, 6.07) is 17.1. The maximum absolute atomic E-state index is 12.4. The summed E-state index contributed by atoms with van der Waals surface area (Å²) in [6.07, 6.45) is 0.167. The van der Waals surface area contributed by atoms with Gasteiger partial charge in [0.2, 0.25) is 5.91 Å². The van der Waals surface area contributed by atoms with Gasteiger partial charge in [-0.2, -0.15) is 0 Å². The number of carbonyl (C=O) groups is 2. The maximum Gasteiger partial charge on any atom is 0.288 e. The van der Waals surface area contributed by atoms with Gasteiger partial charge in [-0.1, -0.05) is 35.9 Å². The average molecular weight is 372 g/mol. The number of rotatable bonds is 3. The van der Waals surface area contributed by atoms with Crippen LogP contribution < -0.4 is 10.9 Å². The van der Waals surface area contributed by atoms with Crippen molar-refractivity contribution in [1.29, 1.82) is 0 Å². The van der Waals surface area contributed by atoms with Crippen LogP contribution in [0.4, 0.5) is 0 Å². The smallest absolute Gasteiger partial charge is 0.288 e. The Morgan fingerprint density at radius 2 is 1.82 bits per heavy atom. The van der Waals surface area contributed by atoms with Gasteiger partial charge in [0.25, 0.3) is 5.91 Å². The van der Waals surface area contributed by atoms with Crippen LogP contribution in [0.5, 0.6) is 0 Å². The molecule has 0 fully saturated rings. The fourth-order valence-corrected chi connectivity index (χ4v) is 3.31. The quantitative estimate of drug-likeness (QED) is 0.482. The van der Waals surface area contributed by atoms with E-state index in [0.717, 1.165) is 38.6 Å². The Morgan fingerprint density at radius 1 is 1.00 bits per heavy atom. The first-order chi connectivity index (χ1) is 13.5. The van der Waals surface area contributed by atoms with Crippen LogP contribution in [0.3, 0.4) is 0 Å². The summed E-state index contributed by atoms with van der Waals surface area (Å²) in [5, 5.41) is 1.98. The number of pyridine rings is 1. The molecular formula is C22H20N4O2. The van der Waals surface area contributed by atoms with Crippen LogP contribution in [0.25, 0.3) is 21.8 Å². The summed E-state index contributed by atoms with van der Waals surface area (Å²) in [5.41, 5.74) is 9.89. The molecule has 0 spiro atoms. The number of fused-ring (bicyclic) bond motifs is 2. The van der Waals surface area contributed by atoms with Gasteiger partial charge in [-0.3, -0.25) is 20.4 Å². The molecule has 4 aromatic rings. The van der Waals surface area contributed by atoms with Crippen LogP contribution in [0.1, 0.15) is 27.3 Å². The molecule has 0 saturated carbocycles. The molecule has 2 heterocycles. The third-order valence-electron chi connectivity index (χ3n) is 4.76. The van der Waals surface area contributed by atoms with E-state index in [0.29, 0.717) is 0 Å². The molecule has 6 nitrogen and oxygen atoms in total.